The molecule has 0 aromatic carbocycles. The molecule has 3 fully saturated rings. The molecule has 0 spiro atoms. The van der Waals surface area contributed by atoms with Crippen LogP contribution in [0.2, 0.25) is 0 Å². The molecule has 0 aromatic rings. The Morgan fingerprint density at radius 3 is 2.50 bits per heavy atom. The summed E-state index contributed by atoms with van der Waals surface area (Å²) in [7, 11) is 0. The van der Waals surface area contributed by atoms with E-state index in [1.807, 2.05) is 6.92 Å². The highest BCUT2D eigenvalue weighted by Crippen LogP contribution is 2.39. The highest BCUT2D eigenvalue weighted by Gasteiger charge is 2.49. The van der Waals surface area contributed by atoms with Crippen molar-refractivity contribution in [3.63, 3.8) is 0 Å². The third-order valence-corrected chi connectivity index (χ3v) is 5.80. The van der Waals surface area contributed by atoms with Crippen molar-refractivity contribution in [2.75, 3.05) is 13.2 Å². The summed E-state index contributed by atoms with van der Waals surface area (Å²) >= 11 is 0. The van der Waals surface area contributed by atoms with Gasteiger partial charge in [-0.05, 0) is 52.9 Å². The Bertz CT molecular complexity index is 747. The Kier molecular flexibility index (Phi) is 7.16. The second kappa shape index (κ2) is 9.51. The van der Waals surface area contributed by atoms with Crippen LogP contribution in [0.25, 0.3) is 0 Å². The lowest BCUT2D eigenvalue weighted by Gasteiger charge is -2.29. The summed E-state index contributed by atoms with van der Waals surface area (Å²) in [5.41, 5.74) is 3.57. The molecule has 2 aliphatic heterocycles. The predicted molar refractivity (Wildman–Crippen MR) is 114 cm³/mol. The molecular formula is C21H35N5O6. The second-order valence-corrected chi connectivity index (χ2v) is 9.82. The van der Waals surface area contributed by atoms with Crippen LogP contribution in [-0.2, 0) is 19.2 Å². The molecule has 3 rings (SSSR count). The number of ether oxygens (including phenoxy) is 1. The largest absolute Gasteiger partial charge is 0.444 e. The van der Waals surface area contributed by atoms with Gasteiger partial charge in [0.15, 0.2) is 0 Å². The molecule has 2 bridgehead atoms. The lowest BCUT2D eigenvalue weighted by molar-refractivity contribution is -0.132. The molecule has 3 N–H and O–H groups in total. The molecule has 180 valence electrons. The number of urea groups is 1. The molecule has 1 saturated carbocycles. The Hall–Kier alpha value is -2.56. The summed E-state index contributed by atoms with van der Waals surface area (Å²) in [6.45, 7) is 8.25. The zero-order valence-corrected chi connectivity index (χ0v) is 19.4. The van der Waals surface area contributed by atoms with Gasteiger partial charge in [0, 0.05) is 6.54 Å². The molecule has 0 radical (unpaired) electrons. The molecule has 1 aliphatic carbocycles. The van der Waals surface area contributed by atoms with Gasteiger partial charge in [0.2, 0.25) is 5.91 Å². The van der Waals surface area contributed by atoms with E-state index in [9.17, 15) is 19.2 Å². The third-order valence-electron chi connectivity index (χ3n) is 5.80. The highest BCUT2D eigenvalue weighted by molar-refractivity contribution is 5.90. The van der Waals surface area contributed by atoms with Crippen LogP contribution in [0.5, 0.6) is 0 Å². The zero-order valence-electron chi connectivity index (χ0n) is 19.4. The maximum Gasteiger partial charge on any atom is 0.408 e. The first kappa shape index (κ1) is 24.1. The monoisotopic (exact) mass is 453 g/mol. The van der Waals surface area contributed by atoms with Crippen LogP contribution < -0.4 is 16.2 Å². The van der Waals surface area contributed by atoms with E-state index in [-0.39, 0.29) is 18.5 Å². The molecular weight excluding hydrogens is 418 g/mol. The van der Waals surface area contributed by atoms with Crippen LogP contribution in [0.4, 0.5) is 9.59 Å². The van der Waals surface area contributed by atoms with E-state index in [1.54, 1.807) is 20.8 Å². The molecule has 2 saturated heterocycles. The van der Waals surface area contributed by atoms with Crippen LogP contribution in [-0.4, -0.2) is 70.3 Å². The first-order chi connectivity index (χ1) is 15.0. The number of hydroxylamine groups is 2. The van der Waals surface area contributed by atoms with Crippen molar-refractivity contribution in [3.8, 4) is 0 Å². The van der Waals surface area contributed by atoms with E-state index in [4.69, 9.17) is 9.57 Å². The number of unbranched alkanes of at least 4 members (excludes halogenated alkanes) is 1. The number of hydrazine groups is 1. The molecule has 32 heavy (non-hydrogen) atoms. The van der Waals surface area contributed by atoms with Gasteiger partial charge in [-0.2, -0.15) is 5.06 Å². The van der Waals surface area contributed by atoms with E-state index in [1.165, 1.54) is 9.96 Å². The van der Waals surface area contributed by atoms with Crippen molar-refractivity contribution in [1.82, 2.24) is 26.1 Å². The van der Waals surface area contributed by atoms with Crippen molar-refractivity contribution in [1.29, 1.82) is 0 Å². The lowest BCUT2D eigenvalue weighted by Crippen LogP contribution is -2.55. The topological polar surface area (TPSA) is 129 Å². The van der Waals surface area contributed by atoms with E-state index in [2.05, 4.69) is 16.2 Å². The Balaban J connectivity index is 1.44. The molecule has 0 aromatic heterocycles. The van der Waals surface area contributed by atoms with Gasteiger partial charge in [-0.1, -0.05) is 13.3 Å². The van der Waals surface area contributed by atoms with E-state index >= 15 is 0 Å². The number of hydrogen-bond donors (Lipinski definition) is 3. The number of amides is 5. The average Bonchev–Trinajstić information content (AvgIpc) is 3.40. The number of rotatable bonds is 8. The van der Waals surface area contributed by atoms with Crippen LogP contribution in [0.1, 0.15) is 72.6 Å². The van der Waals surface area contributed by atoms with Gasteiger partial charge in [-0.25, -0.2) is 9.59 Å². The molecule has 11 nitrogen and oxygen atoms in total. The first-order valence-corrected chi connectivity index (χ1v) is 11.4. The SMILES string of the molecule is CCCCON1C(=O)N2C[C@@H]1CC[C@H]2C(=O)NNC(=O)CC1(NC(=O)OC(C)(C)C)CC1. The van der Waals surface area contributed by atoms with Crippen LogP contribution in [0.15, 0.2) is 0 Å². The van der Waals surface area contributed by atoms with E-state index in [0.29, 0.717) is 38.8 Å². The standard InChI is InChI=1S/C21H35N5O6/c1-5-6-11-31-26-14-7-8-15(25(13-14)19(26)30)17(28)24-23-16(27)12-21(9-10-21)22-18(29)32-20(2,3)4/h14-15H,5-13H2,1-4H3,(H,22,29)(H,23,27)(H,24,28)/t14-,15-/m0/s1. The Morgan fingerprint density at radius 1 is 1.16 bits per heavy atom. The van der Waals surface area contributed by atoms with Gasteiger partial charge < -0.3 is 15.0 Å². The zero-order chi connectivity index (χ0) is 23.5. The fourth-order valence-electron chi connectivity index (χ4n) is 3.96. The first-order valence-electron chi connectivity index (χ1n) is 11.4. The summed E-state index contributed by atoms with van der Waals surface area (Å²) in [5, 5.41) is 4.14. The molecule has 5 amide bonds. The van der Waals surface area contributed by atoms with Gasteiger partial charge in [0.05, 0.1) is 24.6 Å². The van der Waals surface area contributed by atoms with Crippen molar-refractivity contribution < 1.29 is 28.8 Å². The van der Waals surface area contributed by atoms with Gasteiger partial charge in [0.25, 0.3) is 5.91 Å². The molecule has 2 atom stereocenters. The fourth-order valence-corrected chi connectivity index (χ4v) is 3.96. The normalized spacial score (nSPS) is 23.6. The minimum Gasteiger partial charge on any atom is -0.444 e. The third kappa shape index (κ3) is 6.02. The number of nitrogens with zero attached hydrogens (tertiary/aromatic N) is 2. The molecule has 3 aliphatic rings. The summed E-state index contributed by atoms with van der Waals surface area (Å²) < 4.78 is 5.25. The van der Waals surface area contributed by atoms with Crippen molar-refractivity contribution in [3.05, 3.63) is 0 Å². The Labute approximate surface area is 188 Å². The molecule has 11 heteroatoms. The van der Waals surface area contributed by atoms with Crippen LogP contribution in [0.3, 0.4) is 0 Å². The van der Waals surface area contributed by atoms with Gasteiger partial charge in [0.1, 0.15) is 11.6 Å². The van der Waals surface area contributed by atoms with Gasteiger partial charge in [-0.3, -0.25) is 25.3 Å². The van der Waals surface area contributed by atoms with Gasteiger partial charge in [-0.15, -0.1) is 0 Å². The maximum atomic E-state index is 12.6. The summed E-state index contributed by atoms with van der Waals surface area (Å²) in [6, 6.07) is -1.02. The minimum atomic E-state index is -0.659. The van der Waals surface area contributed by atoms with Crippen molar-refractivity contribution in [2.45, 2.75) is 95.9 Å². The fraction of sp³-hybridized carbons (Fsp3) is 0.810. The van der Waals surface area contributed by atoms with Gasteiger partial charge >= 0.3 is 12.1 Å². The predicted octanol–water partition coefficient (Wildman–Crippen LogP) is 1.58. The highest BCUT2D eigenvalue weighted by atomic mass is 16.7. The number of carbonyl (C=O) groups is 4. The van der Waals surface area contributed by atoms with Crippen LogP contribution in [0, 0.1) is 0 Å². The summed E-state index contributed by atoms with van der Waals surface area (Å²) in [5.74, 6) is -0.858. The average molecular weight is 454 g/mol. The summed E-state index contributed by atoms with van der Waals surface area (Å²) in [4.78, 5) is 56.7. The molecule has 0 unspecified atom stereocenters. The number of hydrogen-bond acceptors (Lipinski definition) is 6. The number of carbonyl (C=O) groups excluding carboxylic acids is 4. The van der Waals surface area contributed by atoms with E-state index in [0.717, 1.165) is 12.8 Å². The lowest BCUT2D eigenvalue weighted by atomic mass is 10.0. The minimum absolute atomic E-state index is 0.0287. The van der Waals surface area contributed by atoms with Crippen molar-refractivity contribution in [2.24, 2.45) is 0 Å². The van der Waals surface area contributed by atoms with Crippen molar-refractivity contribution >= 4 is 23.9 Å². The van der Waals surface area contributed by atoms with Crippen LogP contribution >= 0.6 is 0 Å². The molecule has 2 heterocycles. The number of alkyl carbamates (subject to hydrolysis) is 1. The quantitative estimate of drug-likeness (QED) is 0.378. The second-order valence-electron chi connectivity index (χ2n) is 9.82. The summed E-state index contributed by atoms with van der Waals surface area (Å²) in [6.07, 6.45) is 3.76. The smallest absolute Gasteiger partial charge is 0.408 e. The van der Waals surface area contributed by atoms with E-state index < -0.39 is 35.1 Å². The maximum absolute atomic E-state index is 12.6. The Morgan fingerprint density at radius 2 is 1.88 bits per heavy atom. The number of piperidine rings is 1. The number of nitrogens with one attached hydrogen (secondary N) is 3. The number of fused-ring (bicyclic) bond motifs is 2.